The summed E-state index contributed by atoms with van der Waals surface area (Å²) in [5.74, 6) is 0.123. The van der Waals surface area contributed by atoms with Crippen molar-refractivity contribution in [2.24, 2.45) is 5.92 Å². The summed E-state index contributed by atoms with van der Waals surface area (Å²) in [5, 5.41) is 21.1. The fraction of sp³-hybridized carbons (Fsp3) is 0.200. The zero-order chi connectivity index (χ0) is 22.1. The van der Waals surface area contributed by atoms with Gasteiger partial charge in [-0.3, -0.25) is 0 Å². The molecule has 1 aliphatic rings. The number of carbonyl (C=O) groups is 1. The van der Waals surface area contributed by atoms with Crippen LogP contribution in [-0.4, -0.2) is 27.8 Å². The van der Waals surface area contributed by atoms with Crippen molar-refractivity contribution >= 4 is 27.5 Å². The molecule has 2 atom stereocenters. The van der Waals surface area contributed by atoms with Gasteiger partial charge >= 0.3 is 5.97 Å². The minimum absolute atomic E-state index is 0.189. The van der Waals surface area contributed by atoms with Gasteiger partial charge in [0, 0.05) is 11.5 Å². The number of fused-ring (bicyclic) bond motifs is 2. The molecule has 0 amide bonds. The van der Waals surface area contributed by atoms with Crippen molar-refractivity contribution in [3.05, 3.63) is 88.4 Å². The number of aliphatic hydroxyl groups excluding tert-OH is 1. The molecule has 5 rings (SSSR count). The molecule has 2 unspecified atom stereocenters. The van der Waals surface area contributed by atoms with Gasteiger partial charge in [0.2, 0.25) is 0 Å². The van der Waals surface area contributed by atoms with E-state index in [2.05, 4.69) is 4.98 Å². The molecule has 1 aromatic heterocycles. The van der Waals surface area contributed by atoms with E-state index in [1.54, 1.807) is 29.5 Å². The van der Waals surface area contributed by atoms with Crippen LogP contribution in [0.3, 0.4) is 0 Å². The Labute approximate surface area is 188 Å². The Bertz CT molecular complexity index is 1250. The molecule has 1 aliphatic heterocycles. The molecule has 0 radical (unpaired) electrons. The van der Waals surface area contributed by atoms with Crippen molar-refractivity contribution in [3.63, 3.8) is 0 Å². The van der Waals surface area contributed by atoms with Crippen molar-refractivity contribution in [1.82, 2.24) is 4.98 Å². The summed E-state index contributed by atoms with van der Waals surface area (Å²) in [6.07, 6.45) is -0.225. The van der Waals surface area contributed by atoms with Crippen LogP contribution in [0.4, 0.5) is 0 Å². The first-order chi connectivity index (χ1) is 15.6. The molecule has 2 N–H and O–H groups in total. The van der Waals surface area contributed by atoms with Crippen LogP contribution in [0.25, 0.3) is 10.2 Å². The topological polar surface area (TPSA) is 88.9 Å². The molecule has 3 aromatic carbocycles. The van der Waals surface area contributed by atoms with Crippen LogP contribution < -0.4 is 9.47 Å². The number of ether oxygens (including phenoxy) is 2. The highest BCUT2D eigenvalue weighted by Gasteiger charge is 2.30. The number of carboxylic acid groups (broad SMARTS) is 1. The maximum absolute atomic E-state index is 11.2. The summed E-state index contributed by atoms with van der Waals surface area (Å²) in [4.78, 5) is 15.8. The molecule has 7 heteroatoms. The number of rotatable bonds is 6. The van der Waals surface area contributed by atoms with E-state index >= 15 is 0 Å². The third-order valence-electron chi connectivity index (χ3n) is 5.57. The first-order valence-electron chi connectivity index (χ1n) is 10.3. The molecular formula is C25H21NO5S. The van der Waals surface area contributed by atoms with E-state index in [0.29, 0.717) is 36.7 Å². The standard InChI is InChI=1S/C25H21NO5S/c27-24-17(11-15-4-3-5-16(10-15)25(28)29)13-31-21-9-8-18(12-19(21)24)30-14-23-26-20-6-1-2-7-22(20)32-23/h1-10,12,17,24,27H,11,13-14H2,(H,28,29). The SMILES string of the molecule is O=C(O)c1cccc(CC2COc3ccc(OCc4nc5ccccc5s4)cc3C2O)c1. The smallest absolute Gasteiger partial charge is 0.335 e. The van der Waals surface area contributed by atoms with Gasteiger partial charge in [0.25, 0.3) is 0 Å². The van der Waals surface area contributed by atoms with Crippen molar-refractivity contribution in [3.8, 4) is 11.5 Å². The highest BCUT2D eigenvalue weighted by molar-refractivity contribution is 7.18. The lowest BCUT2D eigenvalue weighted by Crippen LogP contribution is -2.27. The predicted octanol–water partition coefficient (Wildman–Crippen LogP) is 4.86. The number of para-hydroxylation sites is 1. The summed E-state index contributed by atoms with van der Waals surface area (Å²) in [6.45, 7) is 0.706. The minimum Gasteiger partial charge on any atom is -0.493 e. The highest BCUT2D eigenvalue weighted by atomic mass is 32.1. The number of aromatic nitrogens is 1. The number of aliphatic hydroxyl groups is 1. The molecule has 0 saturated heterocycles. The molecule has 162 valence electrons. The van der Waals surface area contributed by atoms with Gasteiger partial charge in [-0.25, -0.2) is 9.78 Å². The molecule has 0 spiro atoms. The average molecular weight is 448 g/mol. The normalized spacial score (nSPS) is 17.5. The van der Waals surface area contributed by atoms with Crippen LogP contribution >= 0.6 is 11.3 Å². The number of aromatic carboxylic acids is 1. The van der Waals surface area contributed by atoms with Crippen LogP contribution in [0, 0.1) is 5.92 Å². The fourth-order valence-electron chi connectivity index (χ4n) is 3.95. The van der Waals surface area contributed by atoms with Crippen molar-refractivity contribution in [2.75, 3.05) is 6.61 Å². The Hall–Kier alpha value is -3.42. The molecule has 0 aliphatic carbocycles. The Balaban J connectivity index is 1.30. The van der Waals surface area contributed by atoms with Gasteiger partial charge < -0.3 is 19.7 Å². The second-order valence-corrected chi connectivity index (χ2v) is 8.90. The summed E-state index contributed by atoms with van der Waals surface area (Å²) in [6, 6.07) is 20.2. The number of nitrogens with zero attached hydrogens (tertiary/aromatic N) is 1. The van der Waals surface area contributed by atoms with Gasteiger partial charge in [-0.05, 0) is 54.4 Å². The third-order valence-corrected chi connectivity index (χ3v) is 6.58. The van der Waals surface area contributed by atoms with E-state index < -0.39 is 12.1 Å². The Morgan fingerprint density at radius 2 is 2.00 bits per heavy atom. The maximum atomic E-state index is 11.2. The monoisotopic (exact) mass is 447 g/mol. The largest absolute Gasteiger partial charge is 0.493 e. The summed E-state index contributed by atoms with van der Waals surface area (Å²) in [7, 11) is 0. The lowest BCUT2D eigenvalue weighted by atomic mass is 9.88. The molecule has 0 fully saturated rings. The van der Waals surface area contributed by atoms with Crippen LogP contribution in [0.1, 0.15) is 32.6 Å². The molecule has 0 saturated carbocycles. The summed E-state index contributed by atoms with van der Waals surface area (Å²) >= 11 is 1.60. The Morgan fingerprint density at radius 3 is 2.84 bits per heavy atom. The zero-order valence-electron chi connectivity index (χ0n) is 17.1. The van der Waals surface area contributed by atoms with E-state index in [1.165, 1.54) is 0 Å². The minimum atomic E-state index is -0.965. The Kier molecular flexibility index (Phi) is 5.51. The number of hydrogen-bond acceptors (Lipinski definition) is 6. The van der Waals surface area contributed by atoms with E-state index in [4.69, 9.17) is 9.47 Å². The van der Waals surface area contributed by atoms with Gasteiger partial charge in [-0.2, -0.15) is 0 Å². The van der Waals surface area contributed by atoms with Crippen LogP contribution in [0.15, 0.2) is 66.7 Å². The molecule has 6 nitrogen and oxygen atoms in total. The highest BCUT2D eigenvalue weighted by Crippen LogP contribution is 2.39. The lowest BCUT2D eigenvalue weighted by Gasteiger charge is -2.30. The predicted molar refractivity (Wildman–Crippen MR) is 121 cm³/mol. The quantitative estimate of drug-likeness (QED) is 0.439. The first-order valence-corrected chi connectivity index (χ1v) is 11.1. The van der Waals surface area contributed by atoms with Crippen molar-refractivity contribution in [2.45, 2.75) is 19.1 Å². The van der Waals surface area contributed by atoms with Gasteiger partial charge in [-0.1, -0.05) is 24.3 Å². The number of carboxylic acids is 1. The first kappa shape index (κ1) is 20.5. The van der Waals surface area contributed by atoms with Crippen LogP contribution in [0.2, 0.25) is 0 Å². The summed E-state index contributed by atoms with van der Waals surface area (Å²) < 4.78 is 12.9. The second kappa shape index (κ2) is 8.61. The summed E-state index contributed by atoms with van der Waals surface area (Å²) in [5.41, 5.74) is 2.72. The van der Waals surface area contributed by atoms with Crippen LogP contribution in [0.5, 0.6) is 11.5 Å². The number of thiazole rings is 1. The maximum Gasteiger partial charge on any atom is 0.335 e. The van der Waals surface area contributed by atoms with Crippen LogP contribution in [-0.2, 0) is 13.0 Å². The van der Waals surface area contributed by atoms with E-state index in [-0.39, 0.29) is 11.5 Å². The van der Waals surface area contributed by atoms with Crippen molar-refractivity contribution in [1.29, 1.82) is 0 Å². The van der Waals surface area contributed by atoms with E-state index in [9.17, 15) is 15.0 Å². The lowest BCUT2D eigenvalue weighted by molar-refractivity contribution is 0.0504. The van der Waals surface area contributed by atoms with E-state index in [0.717, 1.165) is 20.8 Å². The zero-order valence-corrected chi connectivity index (χ0v) is 17.9. The molecular weight excluding hydrogens is 426 g/mol. The molecule has 2 heterocycles. The molecule has 4 aromatic rings. The van der Waals surface area contributed by atoms with Gasteiger partial charge in [0.05, 0.1) is 28.5 Å². The van der Waals surface area contributed by atoms with Gasteiger partial charge in [-0.15, -0.1) is 11.3 Å². The van der Waals surface area contributed by atoms with E-state index in [1.807, 2.05) is 48.5 Å². The number of hydrogen-bond donors (Lipinski definition) is 2. The fourth-order valence-corrected chi connectivity index (χ4v) is 4.83. The molecule has 0 bridgehead atoms. The second-order valence-electron chi connectivity index (χ2n) is 7.79. The van der Waals surface area contributed by atoms with Gasteiger partial charge in [0.15, 0.2) is 0 Å². The molecule has 32 heavy (non-hydrogen) atoms. The Morgan fingerprint density at radius 1 is 1.12 bits per heavy atom. The van der Waals surface area contributed by atoms with Gasteiger partial charge in [0.1, 0.15) is 23.1 Å². The third kappa shape index (κ3) is 4.17. The number of benzene rings is 3. The van der Waals surface area contributed by atoms with Crippen molar-refractivity contribution < 1.29 is 24.5 Å². The average Bonchev–Trinajstić information content (AvgIpc) is 3.23.